The number of nitrogens with one attached hydrogen (secondary N) is 1. The molecule has 0 aliphatic heterocycles. The van der Waals surface area contributed by atoms with Gasteiger partial charge in [0.1, 0.15) is 12.6 Å². The van der Waals surface area contributed by atoms with E-state index >= 15 is 0 Å². The van der Waals surface area contributed by atoms with E-state index in [1.807, 2.05) is 0 Å². The van der Waals surface area contributed by atoms with E-state index in [1.54, 1.807) is 56.3 Å². The molecule has 0 radical (unpaired) electrons. The number of anilines is 1. The normalized spacial score (nSPS) is 12.2. The fourth-order valence-corrected chi connectivity index (χ4v) is 5.00. The maximum atomic E-state index is 13.4. The number of carbonyl (C=O) groups excluding carboxylic acids is 2. The molecule has 2 amide bonds. The van der Waals surface area contributed by atoms with Crippen LogP contribution in [0, 0.1) is 0 Å². The standard InChI is InChI=1S/C21H24BrCl2N3O4S/c1-4-25-21(29)14(2)26(12-15-17(23)9-7-10-18(15)24)20(28)13-27(32(3,30)31)19-11-6-5-8-16(19)22/h5-11,14H,4,12-13H2,1-3H3,(H,25,29)/t14-/m1/s1. The Morgan fingerprint density at radius 1 is 1.09 bits per heavy atom. The molecule has 0 heterocycles. The summed E-state index contributed by atoms with van der Waals surface area (Å²) in [7, 11) is -3.81. The molecular formula is C21H24BrCl2N3O4S. The summed E-state index contributed by atoms with van der Waals surface area (Å²) in [6.45, 7) is 3.14. The van der Waals surface area contributed by atoms with Crippen LogP contribution in [0.1, 0.15) is 19.4 Å². The molecule has 0 spiro atoms. The minimum Gasteiger partial charge on any atom is -0.355 e. The van der Waals surface area contributed by atoms with Gasteiger partial charge < -0.3 is 10.2 Å². The molecular weight excluding hydrogens is 541 g/mol. The first-order valence-electron chi connectivity index (χ1n) is 9.69. The maximum absolute atomic E-state index is 13.4. The molecule has 0 saturated carbocycles. The Morgan fingerprint density at radius 3 is 2.22 bits per heavy atom. The van der Waals surface area contributed by atoms with Crippen molar-refractivity contribution in [3.05, 3.63) is 62.5 Å². The molecule has 0 bridgehead atoms. The number of hydrogen-bond acceptors (Lipinski definition) is 4. The fourth-order valence-electron chi connectivity index (χ4n) is 3.01. The van der Waals surface area contributed by atoms with Crippen LogP contribution in [0.4, 0.5) is 5.69 Å². The summed E-state index contributed by atoms with van der Waals surface area (Å²) in [6.07, 6.45) is 1.02. The maximum Gasteiger partial charge on any atom is 0.244 e. The van der Waals surface area contributed by atoms with E-state index in [1.165, 1.54) is 4.90 Å². The minimum atomic E-state index is -3.81. The summed E-state index contributed by atoms with van der Waals surface area (Å²) in [4.78, 5) is 27.2. The predicted octanol–water partition coefficient (Wildman–Crippen LogP) is 4.08. The number of carbonyl (C=O) groups is 2. The number of amides is 2. The van der Waals surface area contributed by atoms with Gasteiger partial charge in [-0.15, -0.1) is 0 Å². The predicted molar refractivity (Wildman–Crippen MR) is 131 cm³/mol. The van der Waals surface area contributed by atoms with Gasteiger partial charge in [-0.05, 0) is 54.0 Å². The zero-order valence-electron chi connectivity index (χ0n) is 17.8. The van der Waals surface area contributed by atoms with Gasteiger partial charge in [-0.25, -0.2) is 8.42 Å². The summed E-state index contributed by atoms with van der Waals surface area (Å²) in [6, 6.07) is 10.7. The van der Waals surface area contributed by atoms with Crippen molar-refractivity contribution in [2.45, 2.75) is 26.4 Å². The Morgan fingerprint density at radius 2 is 1.69 bits per heavy atom. The minimum absolute atomic E-state index is 0.0663. The third-order valence-corrected chi connectivity index (χ3v) is 7.21. The van der Waals surface area contributed by atoms with E-state index in [0.29, 0.717) is 32.3 Å². The molecule has 11 heteroatoms. The summed E-state index contributed by atoms with van der Waals surface area (Å²) in [5.41, 5.74) is 0.775. The summed E-state index contributed by atoms with van der Waals surface area (Å²) in [5.74, 6) is -0.961. The molecule has 1 N–H and O–H groups in total. The lowest BCUT2D eigenvalue weighted by atomic mass is 10.1. The topological polar surface area (TPSA) is 86.8 Å². The van der Waals surface area contributed by atoms with Gasteiger partial charge in [0, 0.05) is 33.2 Å². The van der Waals surface area contributed by atoms with Crippen LogP contribution in [-0.4, -0.2) is 50.5 Å². The molecule has 174 valence electrons. The van der Waals surface area contributed by atoms with Gasteiger partial charge in [0.25, 0.3) is 0 Å². The molecule has 0 aromatic heterocycles. The second-order valence-electron chi connectivity index (χ2n) is 7.01. The highest BCUT2D eigenvalue weighted by Gasteiger charge is 2.31. The zero-order valence-corrected chi connectivity index (χ0v) is 21.7. The molecule has 7 nitrogen and oxygen atoms in total. The molecule has 0 aliphatic carbocycles. The number of sulfonamides is 1. The highest BCUT2D eigenvalue weighted by atomic mass is 79.9. The molecule has 0 saturated heterocycles. The van der Waals surface area contributed by atoms with Gasteiger partial charge >= 0.3 is 0 Å². The van der Waals surface area contributed by atoms with Crippen molar-refractivity contribution in [2.24, 2.45) is 0 Å². The number of halogens is 3. The van der Waals surface area contributed by atoms with Crippen LogP contribution in [0.2, 0.25) is 10.0 Å². The van der Waals surface area contributed by atoms with Crippen LogP contribution in [0.5, 0.6) is 0 Å². The monoisotopic (exact) mass is 563 g/mol. The first-order chi connectivity index (χ1) is 15.0. The summed E-state index contributed by atoms with van der Waals surface area (Å²) in [5, 5.41) is 3.36. The summed E-state index contributed by atoms with van der Waals surface area (Å²) < 4.78 is 26.6. The molecule has 0 unspecified atom stereocenters. The molecule has 0 fully saturated rings. The third-order valence-electron chi connectivity index (χ3n) is 4.71. The Labute approximate surface area is 206 Å². The first-order valence-corrected chi connectivity index (χ1v) is 13.1. The number of likely N-dealkylation sites (N-methyl/N-ethyl adjacent to an activating group) is 1. The lowest BCUT2D eigenvalue weighted by Crippen LogP contribution is -2.51. The van der Waals surface area contributed by atoms with Gasteiger partial charge in [0.15, 0.2) is 0 Å². The lowest BCUT2D eigenvalue weighted by Gasteiger charge is -2.32. The molecule has 32 heavy (non-hydrogen) atoms. The Balaban J connectivity index is 2.46. The zero-order chi connectivity index (χ0) is 24.1. The van der Waals surface area contributed by atoms with E-state index < -0.39 is 28.5 Å². The number of benzene rings is 2. The highest BCUT2D eigenvalue weighted by molar-refractivity contribution is 9.10. The van der Waals surface area contributed by atoms with Gasteiger partial charge in [-0.3, -0.25) is 13.9 Å². The van der Waals surface area contributed by atoms with E-state index in [0.717, 1.165) is 10.6 Å². The molecule has 2 aromatic rings. The lowest BCUT2D eigenvalue weighted by molar-refractivity contribution is -0.139. The van der Waals surface area contributed by atoms with Crippen LogP contribution in [0.3, 0.4) is 0 Å². The van der Waals surface area contributed by atoms with Crippen LogP contribution < -0.4 is 9.62 Å². The van der Waals surface area contributed by atoms with E-state index in [4.69, 9.17) is 23.2 Å². The largest absolute Gasteiger partial charge is 0.355 e. The second-order valence-corrected chi connectivity index (χ2v) is 10.6. The number of para-hydroxylation sites is 1. The Kier molecular flexibility index (Phi) is 9.39. The number of nitrogens with zero attached hydrogens (tertiary/aromatic N) is 2. The van der Waals surface area contributed by atoms with Crippen LogP contribution in [0.15, 0.2) is 46.9 Å². The van der Waals surface area contributed by atoms with Crippen LogP contribution in [0.25, 0.3) is 0 Å². The van der Waals surface area contributed by atoms with Gasteiger partial charge in [-0.2, -0.15) is 0 Å². The SMILES string of the molecule is CCNC(=O)[C@@H](C)N(Cc1c(Cl)cccc1Cl)C(=O)CN(c1ccccc1Br)S(C)(=O)=O. The molecule has 0 aliphatic rings. The van der Waals surface area contributed by atoms with Gasteiger partial charge in [-0.1, -0.05) is 41.4 Å². The second kappa shape index (κ2) is 11.4. The van der Waals surface area contributed by atoms with Gasteiger partial charge in [0.2, 0.25) is 21.8 Å². The van der Waals surface area contributed by atoms with Gasteiger partial charge in [0.05, 0.1) is 11.9 Å². The van der Waals surface area contributed by atoms with Crippen molar-refractivity contribution in [3.63, 3.8) is 0 Å². The number of rotatable bonds is 9. The van der Waals surface area contributed by atoms with E-state index in [9.17, 15) is 18.0 Å². The number of hydrogen-bond donors (Lipinski definition) is 1. The fraction of sp³-hybridized carbons (Fsp3) is 0.333. The highest BCUT2D eigenvalue weighted by Crippen LogP contribution is 2.29. The smallest absolute Gasteiger partial charge is 0.244 e. The quantitative estimate of drug-likeness (QED) is 0.497. The van der Waals surface area contributed by atoms with Crippen molar-refractivity contribution >= 4 is 66.7 Å². The van der Waals surface area contributed by atoms with Crippen LogP contribution >= 0.6 is 39.1 Å². The Hall–Kier alpha value is -1.81. The van der Waals surface area contributed by atoms with E-state index in [-0.39, 0.29) is 12.5 Å². The molecule has 2 rings (SSSR count). The van der Waals surface area contributed by atoms with Crippen LogP contribution in [-0.2, 0) is 26.2 Å². The molecule has 2 aromatic carbocycles. The van der Waals surface area contributed by atoms with Crippen molar-refractivity contribution in [1.29, 1.82) is 0 Å². The van der Waals surface area contributed by atoms with E-state index in [2.05, 4.69) is 21.2 Å². The first kappa shape index (κ1) is 26.4. The van der Waals surface area contributed by atoms with Crippen molar-refractivity contribution in [1.82, 2.24) is 10.2 Å². The van der Waals surface area contributed by atoms with Crippen molar-refractivity contribution in [3.8, 4) is 0 Å². The van der Waals surface area contributed by atoms with Crippen molar-refractivity contribution in [2.75, 3.05) is 23.7 Å². The summed E-state index contributed by atoms with van der Waals surface area (Å²) >= 11 is 15.9. The third kappa shape index (κ3) is 6.60. The average Bonchev–Trinajstić information content (AvgIpc) is 2.71. The Bertz CT molecular complexity index is 1080. The van der Waals surface area contributed by atoms with Crippen molar-refractivity contribution < 1.29 is 18.0 Å². The average molecular weight is 565 g/mol. The molecule has 1 atom stereocenters.